The summed E-state index contributed by atoms with van der Waals surface area (Å²) in [6, 6.07) is 16.3. The largest absolute Gasteiger partial charge is 0.458 e. The van der Waals surface area contributed by atoms with Gasteiger partial charge in [-0.1, -0.05) is 88.4 Å². The number of amides is 4. The maximum Gasteiger partial charge on any atom is 0.407 e. The van der Waals surface area contributed by atoms with Crippen LogP contribution in [0.1, 0.15) is 66.7 Å². The van der Waals surface area contributed by atoms with Gasteiger partial charge in [-0.15, -0.1) is 22.7 Å². The Hall–Kier alpha value is -4.94. The number of carbonyl (C=O) groups is 4. The van der Waals surface area contributed by atoms with E-state index in [0.29, 0.717) is 19.6 Å². The Bertz CT molecular complexity index is 1880. The number of alkyl carbamates (subject to hydrolysis) is 1. The van der Waals surface area contributed by atoms with Crippen molar-refractivity contribution < 1.29 is 42.9 Å². The molecule has 0 aliphatic rings. The van der Waals surface area contributed by atoms with Crippen LogP contribution in [0, 0.1) is 5.92 Å². The number of nitrogens with one attached hydrogen (secondary N) is 3. The molecule has 4 rings (SSSR count). The molecule has 61 heavy (non-hydrogen) atoms. The standard InChI is InChI=1S/C44H60N6O9S2/c1-30(2)40(49-43(53)50(5)25-35-28-60-42(47-35)31(3)4)41(52)46-34(21-32-13-9-7-10-14-32)23-38(59-39(51)27-57-20-19-56-18-17-55-6)37(22-33-15-11-8-12-16-33)48-44(54)58-26-36-24-45-29-61-36/h7-16,24,28-31,34,37-38,40H,17-23,25-27H2,1-6H3,(H,46,52)(H,48,54)(H,49,53). The molecular weight excluding hydrogens is 821 g/mol. The Morgan fingerprint density at radius 1 is 0.820 bits per heavy atom. The molecule has 2 aromatic heterocycles. The van der Waals surface area contributed by atoms with Gasteiger partial charge in [0.1, 0.15) is 25.4 Å². The minimum atomic E-state index is -0.980. The van der Waals surface area contributed by atoms with Gasteiger partial charge in [-0.05, 0) is 29.9 Å². The van der Waals surface area contributed by atoms with Crippen LogP contribution in [0.3, 0.4) is 0 Å². The Morgan fingerprint density at radius 2 is 1.49 bits per heavy atom. The van der Waals surface area contributed by atoms with E-state index in [1.165, 1.54) is 16.2 Å². The van der Waals surface area contributed by atoms with Crippen molar-refractivity contribution in [2.24, 2.45) is 5.92 Å². The number of aromatic nitrogens is 2. The summed E-state index contributed by atoms with van der Waals surface area (Å²) >= 11 is 2.91. The fourth-order valence-electron chi connectivity index (χ4n) is 6.22. The highest BCUT2D eigenvalue weighted by atomic mass is 32.1. The molecule has 0 radical (unpaired) electrons. The van der Waals surface area contributed by atoms with Gasteiger partial charge in [0.15, 0.2) is 0 Å². The summed E-state index contributed by atoms with van der Waals surface area (Å²) in [6.07, 6.45) is 0.630. The van der Waals surface area contributed by atoms with Crippen molar-refractivity contribution in [1.82, 2.24) is 30.8 Å². The minimum absolute atomic E-state index is 0.00620. The number of ether oxygens (including phenoxy) is 5. The summed E-state index contributed by atoms with van der Waals surface area (Å²) in [5.41, 5.74) is 4.21. The average molecular weight is 881 g/mol. The minimum Gasteiger partial charge on any atom is -0.458 e. The Balaban J connectivity index is 1.58. The molecule has 332 valence electrons. The Labute approximate surface area is 366 Å². The summed E-state index contributed by atoms with van der Waals surface area (Å²) in [5, 5.41) is 12.0. The van der Waals surface area contributed by atoms with Crippen molar-refractivity contribution in [1.29, 1.82) is 0 Å². The molecule has 4 aromatic rings. The molecule has 0 bridgehead atoms. The van der Waals surface area contributed by atoms with E-state index in [1.54, 1.807) is 37.2 Å². The lowest BCUT2D eigenvalue weighted by Crippen LogP contribution is -2.56. The second-order valence-corrected chi connectivity index (χ2v) is 17.0. The van der Waals surface area contributed by atoms with Crippen LogP contribution >= 0.6 is 22.7 Å². The second-order valence-electron chi connectivity index (χ2n) is 15.2. The van der Waals surface area contributed by atoms with E-state index in [0.717, 1.165) is 26.7 Å². The fraction of sp³-hybridized carbons (Fsp3) is 0.500. The third-order valence-electron chi connectivity index (χ3n) is 9.41. The number of methoxy groups -OCH3 is 1. The maximum atomic E-state index is 14.3. The molecule has 4 amide bonds. The second kappa shape index (κ2) is 26.4. The highest BCUT2D eigenvalue weighted by Crippen LogP contribution is 2.21. The number of nitrogens with zero attached hydrogens (tertiary/aromatic N) is 3. The van der Waals surface area contributed by atoms with Crippen LogP contribution in [0.15, 0.2) is 77.8 Å². The van der Waals surface area contributed by atoms with Gasteiger partial charge >= 0.3 is 18.1 Å². The number of benzene rings is 2. The summed E-state index contributed by atoms with van der Waals surface area (Å²) in [4.78, 5) is 65.7. The predicted octanol–water partition coefficient (Wildman–Crippen LogP) is 6.14. The molecule has 0 fully saturated rings. The number of rotatable bonds is 26. The zero-order valence-electron chi connectivity index (χ0n) is 35.9. The van der Waals surface area contributed by atoms with E-state index < -0.39 is 48.2 Å². The average Bonchev–Trinajstić information content (AvgIpc) is 3.95. The number of hydrogen-bond acceptors (Lipinski definition) is 13. The molecule has 2 aromatic carbocycles. The topological polar surface area (TPSA) is 180 Å². The van der Waals surface area contributed by atoms with E-state index >= 15 is 0 Å². The van der Waals surface area contributed by atoms with Gasteiger partial charge in [0.25, 0.3) is 0 Å². The van der Waals surface area contributed by atoms with Crippen molar-refractivity contribution in [2.45, 2.75) is 90.3 Å². The van der Waals surface area contributed by atoms with E-state index in [4.69, 9.17) is 23.7 Å². The lowest BCUT2D eigenvalue weighted by molar-refractivity contribution is -0.157. The van der Waals surface area contributed by atoms with Crippen molar-refractivity contribution in [2.75, 3.05) is 47.2 Å². The monoisotopic (exact) mass is 880 g/mol. The summed E-state index contributed by atoms with van der Waals surface area (Å²) in [5.74, 6) is -1.09. The zero-order valence-corrected chi connectivity index (χ0v) is 37.5. The molecule has 0 aliphatic heterocycles. The predicted molar refractivity (Wildman–Crippen MR) is 234 cm³/mol. The molecule has 0 aliphatic carbocycles. The van der Waals surface area contributed by atoms with Gasteiger partial charge in [0, 0.05) is 44.1 Å². The van der Waals surface area contributed by atoms with Crippen molar-refractivity contribution in [3.05, 3.63) is 104 Å². The zero-order chi connectivity index (χ0) is 44.0. The van der Waals surface area contributed by atoms with Gasteiger partial charge in [-0.3, -0.25) is 9.78 Å². The molecule has 0 saturated heterocycles. The van der Waals surface area contributed by atoms with E-state index in [-0.39, 0.29) is 57.6 Å². The first-order valence-electron chi connectivity index (χ1n) is 20.4. The molecule has 4 unspecified atom stereocenters. The van der Waals surface area contributed by atoms with Crippen LogP contribution in [0.4, 0.5) is 9.59 Å². The molecule has 17 heteroatoms. The number of hydrogen-bond donors (Lipinski definition) is 3. The van der Waals surface area contributed by atoms with Crippen molar-refractivity contribution in [3.8, 4) is 0 Å². The van der Waals surface area contributed by atoms with Crippen LogP contribution in [0.5, 0.6) is 0 Å². The van der Waals surface area contributed by atoms with Crippen molar-refractivity contribution in [3.63, 3.8) is 0 Å². The van der Waals surface area contributed by atoms with Gasteiger partial charge in [-0.25, -0.2) is 19.4 Å². The fourth-order valence-corrected chi connectivity index (χ4v) is 7.55. The molecule has 2 heterocycles. The lowest BCUT2D eigenvalue weighted by atomic mass is 9.92. The highest BCUT2D eigenvalue weighted by Gasteiger charge is 2.34. The number of esters is 1. The molecule has 15 nitrogen and oxygen atoms in total. The van der Waals surface area contributed by atoms with Gasteiger partial charge in [0.05, 0.1) is 60.1 Å². The normalized spacial score (nSPS) is 13.2. The van der Waals surface area contributed by atoms with Crippen LogP contribution < -0.4 is 16.0 Å². The van der Waals surface area contributed by atoms with Gasteiger partial charge < -0.3 is 44.5 Å². The first-order valence-corrected chi connectivity index (χ1v) is 22.2. The van der Waals surface area contributed by atoms with E-state index in [1.807, 2.05) is 79.9 Å². The van der Waals surface area contributed by atoms with Crippen LogP contribution in [-0.2, 0) is 59.3 Å². The smallest absolute Gasteiger partial charge is 0.407 e. The van der Waals surface area contributed by atoms with Crippen LogP contribution in [0.2, 0.25) is 0 Å². The molecular formula is C44H60N6O9S2. The van der Waals surface area contributed by atoms with E-state index in [9.17, 15) is 19.2 Å². The lowest BCUT2D eigenvalue weighted by Gasteiger charge is -2.32. The molecule has 0 spiro atoms. The Kier molecular flexibility index (Phi) is 21.1. The SMILES string of the molecule is COCCOCCOCC(=O)OC(CC(Cc1ccccc1)NC(=O)C(NC(=O)N(C)Cc1csc(C(C)C)n1)C(C)C)C(Cc1ccccc1)NC(=O)OCc1cncs1. The molecule has 4 atom stereocenters. The Morgan fingerprint density at radius 3 is 2.11 bits per heavy atom. The van der Waals surface area contributed by atoms with Gasteiger partial charge in [-0.2, -0.15) is 0 Å². The van der Waals surface area contributed by atoms with E-state index in [2.05, 4.69) is 39.8 Å². The third-order valence-corrected chi connectivity index (χ3v) is 11.4. The van der Waals surface area contributed by atoms with Crippen molar-refractivity contribution >= 4 is 46.7 Å². The first-order chi connectivity index (χ1) is 29.4. The third kappa shape index (κ3) is 17.9. The molecule has 0 saturated carbocycles. The number of urea groups is 1. The van der Waals surface area contributed by atoms with Crippen LogP contribution in [-0.4, -0.2) is 110 Å². The molecule has 3 N–H and O–H groups in total. The highest BCUT2D eigenvalue weighted by molar-refractivity contribution is 7.09. The summed E-state index contributed by atoms with van der Waals surface area (Å²) in [7, 11) is 3.24. The summed E-state index contributed by atoms with van der Waals surface area (Å²) < 4.78 is 27.8. The summed E-state index contributed by atoms with van der Waals surface area (Å²) in [6.45, 7) is 8.98. The van der Waals surface area contributed by atoms with Gasteiger partial charge in [0.2, 0.25) is 5.91 Å². The maximum absolute atomic E-state index is 14.3. The van der Waals surface area contributed by atoms with Crippen LogP contribution in [0.25, 0.3) is 0 Å². The first kappa shape index (κ1) is 48.7. The number of carbonyl (C=O) groups excluding carboxylic acids is 4. The quantitative estimate of drug-likeness (QED) is 0.0488. The number of thiazole rings is 2.